The van der Waals surface area contributed by atoms with E-state index in [4.69, 9.17) is 27.9 Å². The van der Waals surface area contributed by atoms with Crippen LogP contribution in [0.15, 0.2) is 72.3 Å². The Bertz CT molecular complexity index is 1870. The van der Waals surface area contributed by atoms with Crippen LogP contribution in [0.2, 0.25) is 10.0 Å². The van der Waals surface area contributed by atoms with Gasteiger partial charge in [-0.15, -0.1) is 0 Å². The lowest BCUT2D eigenvalue weighted by atomic mass is 9.49. The highest BCUT2D eigenvalue weighted by molar-refractivity contribution is 6.36. The number of aromatic hydroxyl groups is 1. The number of benzene rings is 3. The van der Waals surface area contributed by atoms with Crippen LogP contribution in [0.4, 0.5) is 10.1 Å². The van der Waals surface area contributed by atoms with Crippen LogP contribution in [-0.4, -0.2) is 51.1 Å². The molecule has 3 N–H and O–H groups in total. The number of nitrogens with zero attached hydrogens (tertiary/aromatic N) is 2. The van der Waals surface area contributed by atoms with Gasteiger partial charge < -0.3 is 9.84 Å². The van der Waals surface area contributed by atoms with Crippen LogP contribution in [0.3, 0.4) is 0 Å². The van der Waals surface area contributed by atoms with Gasteiger partial charge >= 0.3 is 0 Å². The lowest BCUT2D eigenvalue weighted by Crippen LogP contribution is -2.53. The minimum absolute atomic E-state index is 0.0277. The molecule has 6 unspecified atom stereocenters. The summed E-state index contributed by atoms with van der Waals surface area (Å²) in [6.45, 7) is 0. The molecular weight excluding hydrogens is 640 g/mol. The summed E-state index contributed by atoms with van der Waals surface area (Å²) < 4.78 is 20.5. The van der Waals surface area contributed by atoms with Crippen LogP contribution in [0.1, 0.15) is 29.9 Å². The van der Waals surface area contributed by atoms with Crippen LogP contribution in [-0.2, 0) is 24.6 Å². The highest BCUT2D eigenvalue weighted by atomic mass is 35.5. The first kappa shape index (κ1) is 30.2. The standard InChI is InChI=1S/C33H26Cl2FN3O7/c1-46-18-6-3-16(4-7-18)33-22(30(42)38(32(33)44)37-25-10-5-17(34)13-23(25)35)14-21-19(28(33)15-2-11-26(40)24(36)12-15)8-9-20-27(21)31(43)39(45)29(20)41/h2-8,10-13,20-22,27-28,37,40,45H,9,14H2,1H3. The number of fused-ring (bicyclic) bond motifs is 4. The third kappa shape index (κ3) is 4.18. The summed E-state index contributed by atoms with van der Waals surface area (Å²) in [6, 6.07) is 14.9. The second-order valence-corrected chi connectivity index (χ2v) is 12.8. The van der Waals surface area contributed by atoms with Crippen molar-refractivity contribution in [1.82, 2.24) is 10.1 Å². The fraction of sp³-hybridized carbons (Fsp3) is 0.273. The van der Waals surface area contributed by atoms with E-state index >= 15 is 9.18 Å². The molecule has 7 rings (SSSR count). The molecule has 2 aliphatic carbocycles. The molecule has 3 aromatic rings. The van der Waals surface area contributed by atoms with Gasteiger partial charge in [0.15, 0.2) is 11.6 Å². The van der Waals surface area contributed by atoms with E-state index in [1.807, 2.05) is 0 Å². The minimum atomic E-state index is -1.68. The molecule has 3 aromatic carbocycles. The molecule has 6 atom stereocenters. The van der Waals surface area contributed by atoms with Gasteiger partial charge in [-0.2, -0.15) is 10.1 Å². The molecule has 13 heteroatoms. The van der Waals surface area contributed by atoms with Crippen molar-refractivity contribution in [2.75, 3.05) is 12.5 Å². The summed E-state index contributed by atoms with van der Waals surface area (Å²) in [5.41, 5.74) is 2.68. The maximum atomic E-state index is 15.1. The number of phenolic OH excluding ortho intramolecular Hbond substituents is 1. The Kier molecular flexibility index (Phi) is 7.11. The van der Waals surface area contributed by atoms with E-state index in [1.54, 1.807) is 30.3 Å². The maximum absolute atomic E-state index is 15.1. The summed E-state index contributed by atoms with van der Waals surface area (Å²) in [6.07, 6.45) is 1.82. The summed E-state index contributed by atoms with van der Waals surface area (Å²) in [5, 5.41) is 21.9. The van der Waals surface area contributed by atoms with E-state index in [-0.39, 0.29) is 34.2 Å². The highest BCUT2D eigenvalue weighted by Crippen LogP contribution is 2.64. The minimum Gasteiger partial charge on any atom is -0.505 e. The zero-order valence-electron chi connectivity index (χ0n) is 24.1. The van der Waals surface area contributed by atoms with Crippen LogP contribution in [0, 0.1) is 29.5 Å². The molecule has 3 fully saturated rings. The fourth-order valence-electron chi connectivity index (χ4n) is 7.90. The van der Waals surface area contributed by atoms with Crippen LogP contribution >= 0.6 is 23.2 Å². The Morgan fingerprint density at radius 3 is 2.37 bits per heavy atom. The number of halogens is 3. The average molecular weight is 666 g/mol. The van der Waals surface area contributed by atoms with Gasteiger partial charge in [-0.05, 0) is 72.4 Å². The number of ether oxygens (including phenoxy) is 1. The Morgan fingerprint density at radius 1 is 0.957 bits per heavy atom. The summed E-state index contributed by atoms with van der Waals surface area (Å²) in [5.74, 6) is -8.61. The Morgan fingerprint density at radius 2 is 1.70 bits per heavy atom. The van der Waals surface area contributed by atoms with Crippen molar-refractivity contribution in [3.63, 3.8) is 0 Å². The number of phenols is 1. The van der Waals surface area contributed by atoms with Crippen LogP contribution in [0.25, 0.3) is 0 Å². The molecular formula is C33H26Cl2FN3O7. The lowest BCUT2D eigenvalue weighted by molar-refractivity contribution is -0.173. The number of hydrogen-bond donors (Lipinski definition) is 3. The van der Waals surface area contributed by atoms with Gasteiger partial charge in [-0.3, -0.25) is 29.8 Å². The molecule has 4 aliphatic rings. The predicted octanol–water partition coefficient (Wildman–Crippen LogP) is 5.22. The van der Waals surface area contributed by atoms with Crippen molar-refractivity contribution >= 4 is 52.5 Å². The van der Waals surface area contributed by atoms with Gasteiger partial charge in [0.25, 0.3) is 23.6 Å². The SMILES string of the molecule is COc1ccc(C23C(=O)N(Nc4ccc(Cl)cc4Cl)C(=O)C2CC2C(=CCC4C(=O)N(O)C(=O)C42)C3c2ccc(O)c(F)c2)cc1. The molecule has 2 heterocycles. The quantitative estimate of drug-likeness (QED) is 0.192. The van der Waals surface area contributed by atoms with Crippen molar-refractivity contribution in [3.05, 3.63) is 99.3 Å². The molecule has 0 bridgehead atoms. The van der Waals surface area contributed by atoms with E-state index in [9.17, 15) is 24.7 Å². The third-order valence-electron chi connectivity index (χ3n) is 9.86. The van der Waals surface area contributed by atoms with E-state index < -0.39 is 70.2 Å². The second kappa shape index (κ2) is 10.8. The normalized spacial score (nSPS) is 28.5. The number of carbonyl (C=O) groups is 4. The number of allylic oxidation sites excluding steroid dienone is 2. The predicted molar refractivity (Wildman–Crippen MR) is 162 cm³/mol. The summed E-state index contributed by atoms with van der Waals surface area (Å²) >= 11 is 12.5. The lowest BCUT2D eigenvalue weighted by Gasteiger charge is -2.50. The number of hydrazine groups is 1. The van der Waals surface area contributed by atoms with Gasteiger partial charge in [0.05, 0.1) is 41.0 Å². The Balaban J connectivity index is 1.48. The molecule has 2 saturated heterocycles. The molecule has 0 radical (unpaired) electrons. The Labute approximate surface area is 271 Å². The average Bonchev–Trinajstić information content (AvgIpc) is 3.40. The van der Waals surface area contributed by atoms with Gasteiger partial charge in [0, 0.05) is 10.9 Å². The first-order valence-corrected chi connectivity index (χ1v) is 15.2. The number of hydroxylamine groups is 2. The molecule has 236 valence electrons. The number of amides is 4. The number of nitrogens with one attached hydrogen (secondary N) is 1. The number of methoxy groups -OCH3 is 1. The molecule has 0 aromatic heterocycles. The van der Waals surface area contributed by atoms with Crippen molar-refractivity contribution in [2.45, 2.75) is 24.2 Å². The fourth-order valence-corrected chi connectivity index (χ4v) is 8.36. The number of imide groups is 2. The second-order valence-electron chi connectivity index (χ2n) is 11.9. The van der Waals surface area contributed by atoms with Crippen LogP contribution in [0.5, 0.6) is 11.5 Å². The number of carbonyl (C=O) groups excluding carboxylic acids is 4. The highest BCUT2D eigenvalue weighted by Gasteiger charge is 2.70. The first-order chi connectivity index (χ1) is 22.0. The van der Waals surface area contributed by atoms with Crippen LogP contribution < -0.4 is 10.2 Å². The Hall–Kier alpha value is -4.45. The van der Waals surface area contributed by atoms with E-state index in [0.29, 0.717) is 21.9 Å². The smallest absolute Gasteiger partial charge is 0.260 e. The summed E-state index contributed by atoms with van der Waals surface area (Å²) in [4.78, 5) is 55.7. The molecule has 2 aliphatic heterocycles. The van der Waals surface area contributed by atoms with E-state index in [2.05, 4.69) is 5.43 Å². The van der Waals surface area contributed by atoms with Gasteiger partial charge in [-0.1, -0.05) is 53.1 Å². The van der Waals surface area contributed by atoms with Gasteiger partial charge in [0.1, 0.15) is 5.75 Å². The monoisotopic (exact) mass is 665 g/mol. The first-order valence-electron chi connectivity index (χ1n) is 14.5. The number of anilines is 1. The number of rotatable bonds is 5. The topological polar surface area (TPSA) is 136 Å². The molecule has 4 amide bonds. The van der Waals surface area contributed by atoms with Crippen molar-refractivity contribution in [1.29, 1.82) is 0 Å². The molecule has 46 heavy (non-hydrogen) atoms. The zero-order chi connectivity index (χ0) is 32.7. The summed E-state index contributed by atoms with van der Waals surface area (Å²) in [7, 11) is 1.49. The van der Waals surface area contributed by atoms with Crippen molar-refractivity contribution < 1.29 is 38.6 Å². The zero-order valence-corrected chi connectivity index (χ0v) is 25.6. The van der Waals surface area contributed by atoms with E-state index in [0.717, 1.165) is 11.1 Å². The molecule has 10 nitrogen and oxygen atoms in total. The largest absolute Gasteiger partial charge is 0.505 e. The third-order valence-corrected chi connectivity index (χ3v) is 10.4. The number of hydrogen-bond acceptors (Lipinski definition) is 8. The molecule has 1 saturated carbocycles. The molecule has 0 spiro atoms. The van der Waals surface area contributed by atoms with Gasteiger partial charge in [0.2, 0.25) is 0 Å². The van der Waals surface area contributed by atoms with E-state index in [1.165, 1.54) is 37.4 Å². The van der Waals surface area contributed by atoms with Gasteiger partial charge in [-0.25, -0.2) is 4.39 Å². The van der Waals surface area contributed by atoms with Crippen molar-refractivity contribution in [3.8, 4) is 11.5 Å². The maximum Gasteiger partial charge on any atom is 0.260 e. The van der Waals surface area contributed by atoms with Crippen molar-refractivity contribution in [2.24, 2.45) is 23.7 Å².